The topological polar surface area (TPSA) is 102 Å². The molecule has 3 saturated heterocycles. The van der Waals surface area contributed by atoms with Crippen LogP contribution in [0, 0.1) is 0 Å². The summed E-state index contributed by atoms with van der Waals surface area (Å²) < 4.78 is 34.9. The predicted octanol–water partition coefficient (Wildman–Crippen LogP) is 1.40. The fourth-order valence-corrected chi connectivity index (χ4v) is 3.71. The summed E-state index contributed by atoms with van der Waals surface area (Å²) in [5, 5.41) is 2.99. The predicted molar refractivity (Wildman–Crippen MR) is 101 cm³/mol. The van der Waals surface area contributed by atoms with Gasteiger partial charge in [0.2, 0.25) is 0 Å². The average molecular weight is 413 g/mol. The van der Waals surface area contributed by atoms with E-state index >= 15 is 0 Å². The van der Waals surface area contributed by atoms with Gasteiger partial charge in [0.15, 0.2) is 23.6 Å². The van der Waals surface area contributed by atoms with Crippen LogP contribution in [0.2, 0.25) is 0 Å². The van der Waals surface area contributed by atoms with Gasteiger partial charge in [-0.05, 0) is 34.6 Å². The van der Waals surface area contributed by atoms with Gasteiger partial charge in [0.05, 0.1) is 13.2 Å². The summed E-state index contributed by atoms with van der Waals surface area (Å²) in [7, 11) is 0. The van der Waals surface area contributed by atoms with Gasteiger partial charge >= 0.3 is 5.97 Å². The smallest absolute Gasteiger partial charge is 0.354 e. The van der Waals surface area contributed by atoms with Crippen LogP contribution in [0.4, 0.5) is 0 Å². The third kappa shape index (κ3) is 4.97. The highest BCUT2D eigenvalue weighted by molar-refractivity contribution is 5.98. The van der Waals surface area contributed by atoms with E-state index in [4.69, 9.17) is 28.4 Å². The number of carbonyl (C=O) groups is 2. The molecular weight excluding hydrogens is 382 g/mol. The molecule has 0 spiro atoms. The number of rotatable bonds is 7. The van der Waals surface area contributed by atoms with Gasteiger partial charge in [-0.15, -0.1) is 0 Å². The van der Waals surface area contributed by atoms with E-state index in [-0.39, 0.29) is 30.6 Å². The van der Waals surface area contributed by atoms with Crippen molar-refractivity contribution in [3.8, 4) is 0 Å². The highest BCUT2D eigenvalue weighted by Gasteiger charge is 2.59. The lowest BCUT2D eigenvalue weighted by atomic mass is 10.1. The van der Waals surface area contributed by atoms with Crippen LogP contribution in [0.1, 0.15) is 48.0 Å². The first-order chi connectivity index (χ1) is 13.5. The van der Waals surface area contributed by atoms with Crippen LogP contribution in [0.5, 0.6) is 0 Å². The molecule has 0 aliphatic carbocycles. The van der Waals surface area contributed by atoms with E-state index in [1.807, 2.05) is 27.7 Å². The number of nitrogens with one attached hydrogen (secondary N) is 1. The van der Waals surface area contributed by atoms with Crippen molar-refractivity contribution >= 4 is 11.8 Å². The molecule has 5 atom stereocenters. The maximum Gasteiger partial charge on any atom is 0.354 e. The molecule has 0 unspecified atom stereocenters. The van der Waals surface area contributed by atoms with Crippen LogP contribution in [0.15, 0.2) is 11.8 Å². The zero-order valence-electron chi connectivity index (χ0n) is 17.9. The van der Waals surface area contributed by atoms with Gasteiger partial charge in [0, 0.05) is 12.5 Å². The quantitative estimate of drug-likeness (QED) is 0.490. The maximum absolute atomic E-state index is 12.3. The standard InChI is InChI=1S/C20H31NO8/c1-7-11(22)9-12(18(23)24-8-2)21-17-16-15(28-20(5,6)29-16)14(26-17)13-10-25-19(3,4)27-13/h9,13-17,21H,7-8,10H2,1-6H3/b12-9-/t13-,14-,15+,16+,17+/m1/s1. The van der Waals surface area contributed by atoms with Crippen LogP contribution in [-0.2, 0) is 38.0 Å². The fraction of sp³-hybridized carbons (Fsp3) is 0.800. The Hall–Kier alpha value is -1.52. The van der Waals surface area contributed by atoms with Crippen molar-refractivity contribution < 1.29 is 38.0 Å². The summed E-state index contributed by atoms with van der Waals surface area (Å²) in [5.74, 6) is -2.37. The summed E-state index contributed by atoms with van der Waals surface area (Å²) in [4.78, 5) is 24.3. The molecule has 3 aliphatic rings. The zero-order valence-corrected chi connectivity index (χ0v) is 17.9. The highest BCUT2D eigenvalue weighted by atomic mass is 16.8. The molecule has 0 bridgehead atoms. The Balaban J connectivity index is 1.81. The third-order valence-electron chi connectivity index (χ3n) is 4.93. The van der Waals surface area contributed by atoms with E-state index in [1.54, 1.807) is 13.8 Å². The fourth-order valence-electron chi connectivity index (χ4n) is 3.71. The number of hydrogen-bond donors (Lipinski definition) is 1. The van der Waals surface area contributed by atoms with E-state index in [1.165, 1.54) is 6.08 Å². The molecular formula is C20H31NO8. The molecule has 0 aromatic rings. The van der Waals surface area contributed by atoms with E-state index < -0.39 is 42.1 Å². The minimum absolute atomic E-state index is 0.0281. The van der Waals surface area contributed by atoms with Gasteiger partial charge < -0.3 is 33.7 Å². The highest BCUT2D eigenvalue weighted by Crippen LogP contribution is 2.41. The number of allylic oxidation sites excluding steroid dienone is 1. The van der Waals surface area contributed by atoms with E-state index in [0.29, 0.717) is 6.61 Å². The molecule has 0 radical (unpaired) electrons. The van der Waals surface area contributed by atoms with Crippen LogP contribution in [0.3, 0.4) is 0 Å². The van der Waals surface area contributed by atoms with Crippen molar-refractivity contribution in [1.29, 1.82) is 0 Å². The summed E-state index contributed by atoms with van der Waals surface area (Å²) in [6.45, 7) is 11.3. The first-order valence-corrected chi connectivity index (χ1v) is 10.1. The lowest BCUT2D eigenvalue weighted by Crippen LogP contribution is -2.42. The molecule has 3 fully saturated rings. The molecule has 164 valence electrons. The lowest BCUT2D eigenvalue weighted by Gasteiger charge is -2.27. The van der Waals surface area contributed by atoms with Crippen molar-refractivity contribution in [3.05, 3.63) is 11.8 Å². The monoisotopic (exact) mass is 413 g/mol. The van der Waals surface area contributed by atoms with E-state index in [2.05, 4.69) is 5.32 Å². The van der Waals surface area contributed by atoms with Crippen molar-refractivity contribution in [3.63, 3.8) is 0 Å². The summed E-state index contributed by atoms with van der Waals surface area (Å²) in [6, 6.07) is 0. The van der Waals surface area contributed by atoms with Crippen LogP contribution in [-0.4, -0.2) is 67.2 Å². The molecule has 0 amide bonds. The Morgan fingerprint density at radius 3 is 2.31 bits per heavy atom. The second-order valence-corrected chi connectivity index (χ2v) is 8.20. The first kappa shape index (κ1) is 22.2. The summed E-state index contributed by atoms with van der Waals surface area (Å²) in [5.41, 5.74) is 0.0281. The molecule has 29 heavy (non-hydrogen) atoms. The lowest BCUT2D eigenvalue weighted by molar-refractivity contribution is -0.208. The Bertz CT molecular complexity index is 673. The van der Waals surface area contributed by atoms with Crippen LogP contribution in [0.25, 0.3) is 0 Å². The molecule has 3 rings (SSSR count). The molecule has 9 heteroatoms. The molecule has 0 aromatic carbocycles. The van der Waals surface area contributed by atoms with Crippen molar-refractivity contribution in [1.82, 2.24) is 5.32 Å². The Kier molecular flexibility index (Phi) is 6.35. The SMILES string of the molecule is CCOC(=O)/C(=C/C(=O)CC)N[C@H]1O[C@H]([C@H]2COC(C)(C)O2)[C@@H]2OC(C)(C)O[C@@H]21. The minimum atomic E-state index is -0.820. The van der Waals surface area contributed by atoms with Gasteiger partial charge in [-0.25, -0.2) is 4.79 Å². The van der Waals surface area contributed by atoms with Crippen molar-refractivity contribution in [2.75, 3.05) is 13.2 Å². The molecule has 0 aromatic heterocycles. The van der Waals surface area contributed by atoms with E-state index in [9.17, 15) is 9.59 Å². The largest absolute Gasteiger partial charge is 0.461 e. The van der Waals surface area contributed by atoms with Gasteiger partial charge in [-0.1, -0.05) is 6.92 Å². The maximum atomic E-state index is 12.3. The number of hydrogen-bond acceptors (Lipinski definition) is 9. The molecule has 9 nitrogen and oxygen atoms in total. The summed E-state index contributed by atoms with van der Waals surface area (Å²) >= 11 is 0. The van der Waals surface area contributed by atoms with Gasteiger partial charge in [0.25, 0.3) is 0 Å². The number of ether oxygens (including phenoxy) is 6. The molecule has 3 aliphatic heterocycles. The third-order valence-corrected chi connectivity index (χ3v) is 4.93. The van der Waals surface area contributed by atoms with Crippen molar-refractivity contribution in [2.24, 2.45) is 0 Å². The number of esters is 1. The second kappa shape index (κ2) is 8.31. The zero-order chi connectivity index (χ0) is 21.4. The van der Waals surface area contributed by atoms with E-state index in [0.717, 1.165) is 0 Å². The van der Waals surface area contributed by atoms with Crippen molar-refractivity contribution in [2.45, 2.75) is 90.2 Å². The summed E-state index contributed by atoms with van der Waals surface area (Å²) in [6.07, 6.45) is -0.963. The Morgan fingerprint density at radius 2 is 1.72 bits per heavy atom. The first-order valence-electron chi connectivity index (χ1n) is 10.1. The Labute approximate surface area is 171 Å². The number of fused-ring (bicyclic) bond motifs is 1. The van der Waals surface area contributed by atoms with Gasteiger partial charge in [0.1, 0.15) is 30.1 Å². The van der Waals surface area contributed by atoms with Crippen LogP contribution >= 0.6 is 0 Å². The van der Waals surface area contributed by atoms with Gasteiger partial charge in [-0.2, -0.15) is 0 Å². The second-order valence-electron chi connectivity index (χ2n) is 8.20. The number of ketones is 1. The normalized spacial score (nSPS) is 35.4. The van der Waals surface area contributed by atoms with Crippen LogP contribution < -0.4 is 5.32 Å². The minimum Gasteiger partial charge on any atom is -0.461 e. The molecule has 1 N–H and O–H groups in total. The Morgan fingerprint density at radius 1 is 1.03 bits per heavy atom. The van der Waals surface area contributed by atoms with Gasteiger partial charge in [-0.3, -0.25) is 4.79 Å². The average Bonchev–Trinajstić information content (AvgIpc) is 3.25. The number of carbonyl (C=O) groups excluding carboxylic acids is 2. The molecule has 3 heterocycles. The molecule has 0 saturated carbocycles.